The number of benzene rings is 1. The lowest BCUT2D eigenvalue weighted by molar-refractivity contribution is -0.130. The van der Waals surface area contributed by atoms with Crippen molar-refractivity contribution in [2.24, 2.45) is 0 Å². The van der Waals surface area contributed by atoms with Gasteiger partial charge in [0.2, 0.25) is 11.8 Å². The lowest BCUT2D eigenvalue weighted by Gasteiger charge is -2.24. The molecule has 1 aliphatic rings. The fourth-order valence-electron chi connectivity index (χ4n) is 2.89. The Kier molecular flexibility index (Phi) is 6.64. The van der Waals surface area contributed by atoms with Crippen LogP contribution in [0.15, 0.2) is 24.3 Å². The van der Waals surface area contributed by atoms with Crippen LogP contribution in [0, 0.1) is 5.82 Å². The van der Waals surface area contributed by atoms with Crippen LogP contribution < -0.4 is 16.0 Å². The summed E-state index contributed by atoms with van der Waals surface area (Å²) in [6, 6.07) is 5.50. The standard InChI is InChI=1S/C20H28FN3O4/c1-19(2,3)28-18(27)23-14(11-13-7-5-6-8-15(13)21)12-16(25)24-20(9-10-20)17(26)22-4/h5-8,14H,9-12H2,1-4H3,(H,22,26)(H,23,27)(H,24,25)/t14-/m1/s1. The van der Waals surface area contributed by atoms with Gasteiger partial charge in [-0.3, -0.25) is 9.59 Å². The fraction of sp³-hybridized carbons (Fsp3) is 0.550. The summed E-state index contributed by atoms with van der Waals surface area (Å²) in [6.45, 7) is 5.18. The highest BCUT2D eigenvalue weighted by molar-refractivity contribution is 5.94. The molecule has 1 aromatic rings. The van der Waals surface area contributed by atoms with E-state index in [0.29, 0.717) is 18.4 Å². The van der Waals surface area contributed by atoms with Crippen molar-refractivity contribution in [2.75, 3.05) is 7.05 Å². The van der Waals surface area contributed by atoms with Crippen molar-refractivity contribution in [1.29, 1.82) is 0 Å². The third-order valence-electron chi connectivity index (χ3n) is 4.37. The first-order valence-corrected chi connectivity index (χ1v) is 9.31. The van der Waals surface area contributed by atoms with Gasteiger partial charge in [0.05, 0.1) is 0 Å². The number of hydrogen-bond acceptors (Lipinski definition) is 4. The van der Waals surface area contributed by atoms with Crippen LogP contribution in [0.3, 0.4) is 0 Å². The molecule has 8 heteroatoms. The number of hydrogen-bond donors (Lipinski definition) is 3. The van der Waals surface area contributed by atoms with Gasteiger partial charge in [0.1, 0.15) is 17.0 Å². The second kappa shape index (κ2) is 8.58. The number of halogens is 1. The Morgan fingerprint density at radius 1 is 1.21 bits per heavy atom. The zero-order valence-electron chi connectivity index (χ0n) is 16.7. The van der Waals surface area contributed by atoms with Crippen LogP contribution in [0.25, 0.3) is 0 Å². The number of rotatable bonds is 7. The Bertz CT molecular complexity index is 741. The summed E-state index contributed by atoms with van der Waals surface area (Å²) in [5, 5.41) is 7.91. The first-order chi connectivity index (χ1) is 13.0. The maximum absolute atomic E-state index is 14.0. The third-order valence-corrected chi connectivity index (χ3v) is 4.37. The summed E-state index contributed by atoms with van der Waals surface area (Å²) in [7, 11) is 1.51. The van der Waals surface area contributed by atoms with Crippen molar-refractivity contribution in [1.82, 2.24) is 16.0 Å². The Labute approximate surface area is 164 Å². The molecule has 1 aliphatic carbocycles. The van der Waals surface area contributed by atoms with Gasteiger partial charge in [0, 0.05) is 19.5 Å². The van der Waals surface area contributed by atoms with Crippen LogP contribution >= 0.6 is 0 Å². The molecule has 0 bridgehead atoms. The second-order valence-corrected chi connectivity index (χ2v) is 8.05. The molecule has 3 N–H and O–H groups in total. The highest BCUT2D eigenvalue weighted by Crippen LogP contribution is 2.35. The van der Waals surface area contributed by atoms with Gasteiger partial charge < -0.3 is 20.7 Å². The van der Waals surface area contributed by atoms with Crippen LogP contribution in [0.2, 0.25) is 0 Å². The number of nitrogens with one attached hydrogen (secondary N) is 3. The Hall–Kier alpha value is -2.64. The smallest absolute Gasteiger partial charge is 0.407 e. The molecular weight excluding hydrogens is 365 g/mol. The zero-order chi connectivity index (χ0) is 20.9. The first-order valence-electron chi connectivity index (χ1n) is 9.31. The monoisotopic (exact) mass is 393 g/mol. The summed E-state index contributed by atoms with van der Waals surface area (Å²) < 4.78 is 19.3. The van der Waals surface area contributed by atoms with Crippen molar-refractivity contribution >= 4 is 17.9 Å². The number of ether oxygens (including phenoxy) is 1. The van der Waals surface area contributed by atoms with E-state index < -0.39 is 35.0 Å². The minimum atomic E-state index is -0.875. The lowest BCUT2D eigenvalue weighted by Crippen LogP contribution is -2.50. The average Bonchev–Trinajstić information content (AvgIpc) is 3.34. The summed E-state index contributed by atoms with van der Waals surface area (Å²) in [4.78, 5) is 36.6. The van der Waals surface area contributed by atoms with Gasteiger partial charge in [0.15, 0.2) is 0 Å². The van der Waals surface area contributed by atoms with E-state index in [1.807, 2.05) is 0 Å². The Morgan fingerprint density at radius 2 is 1.86 bits per heavy atom. The van der Waals surface area contributed by atoms with Crippen LogP contribution in [0.1, 0.15) is 45.6 Å². The van der Waals surface area contributed by atoms with E-state index in [1.165, 1.54) is 13.1 Å². The summed E-state index contributed by atoms with van der Waals surface area (Å²) in [5.41, 5.74) is -1.20. The van der Waals surface area contributed by atoms with Gasteiger partial charge in [-0.05, 0) is 51.7 Å². The van der Waals surface area contributed by atoms with E-state index >= 15 is 0 Å². The minimum Gasteiger partial charge on any atom is -0.444 e. The van der Waals surface area contributed by atoms with E-state index in [2.05, 4.69) is 16.0 Å². The SMILES string of the molecule is CNC(=O)C1(NC(=O)C[C@@H](Cc2ccccc2F)NC(=O)OC(C)(C)C)CC1. The first kappa shape index (κ1) is 21.7. The predicted octanol–water partition coefficient (Wildman–Crippen LogP) is 2.05. The topological polar surface area (TPSA) is 96.5 Å². The van der Waals surface area contributed by atoms with E-state index in [0.717, 1.165) is 0 Å². The normalized spacial score (nSPS) is 15.9. The van der Waals surface area contributed by atoms with Gasteiger partial charge in [-0.25, -0.2) is 9.18 Å². The van der Waals surface area contributed by atoms with Gasteiger partial charge in [-0.2, -0.15) is 0 Å². The summed E-state index contributed by atoms with van der Waals surface area (Å²) in [6.07, 6.45) is 0.457. The van der Waals surface area contributed by atoms with Gasteiger partial charge in [0.25, 0.3) is 0 Å². The molecular formula is C20H28FN3O4. The molecule has 1 atom stereocenters. The van der Waals surface area contributed by atoms with Crippen LogP contribution in [0.5, 0.6) is 0 Å². The van der Waals surface area contributed by atoms with Crippen molar-refractivity contribution in [3.05, 3.63) is 35.6 Å². The summed E-state index contributed by atoms with van der Waals surface area (Å²) >= 11 is 0. The van der Waals surface area contributed by atoms with Gasteiger partial charge in [-0.1, -0.05) is 18.2 Å². The number of carbonyl (C=O) groups is 3. The van der Waals surface area contributed by atoms with E-state index in [4.69, 9.17) is 4.74 Å². The highest BCUT2D eigenvalue weighted by Gasteiger charge is 2.50. The minimum absolute atomic E-state index is 0.105. The lowest BCUT2D eigenvalue weighted by atomic mass is 10.0. The number of likely N-dealkylation sites (N-methyl/N-ethyl adjacent to an activating group) is 1. The molecule has 1 saturated carbocycles. The Morgan fingerprint density at radius 3 is 2.39 bits per heavy atom. The molecule has 1 aromatic carbocycles. The Balaban J connectivity index is 2.07. The molecule has 1 fully saturated rings. The molecule has 0 aliphatic heterocycles. The quantitative estimate of drug-likeness (QED) is 0.661. The number of carbonyl (C=O) groups excluding carboxylic acids is 3. The molecule has 0 radical (unpaired) electrons. The van der Waals surface area contributed by atoms with Gasteiger partial charge in [-0.15, -0.1) is 0 Å². The van der Waals surface area contributed by atoms with E-state index in [9.17, 15) is 18.8 Å². The van der Waals surface area contributed by atoms with Crippen LogP contribution in [-0.2, 0) is 20.7 Å². The van der Waals surface area contributed by atoms with Crippen molar-refractivity contribution in [3.8, 4) is 0 Å². The molecule has 2 rings (SSSR count). The largest absolute Gasteiger partial charge is 0.444 e. The van der Waals surface area contributed by atoms with Crippen LogP contribution in [-0.4, -0.2) is 42.1 Å². The fourth-order valence-corrected chi connectivity index (χ4v) is 2.89. The number of amides is 3. The molecule has 0 unspecified atom stereocenters. The van der Waals surface area contributed by atoms with Crippen molar-refractivity contribution in [3.63, 3.8) is 0 Å². The summed E-state index contributed by atoms with van der Waals surface area (Å²) in [5.74, 6) is -1.05. The third kappa shape index (κ3) is 6.21. The number of alkyl carbamates (subject to hydrolysis) is 1. The molecule has 0 aromatic heterocycles. The molecule has 0 heterocycles. The van der Waals surface area contributed by atoms with E-state index in [1.54, 1.807) is 39.0 Å². The van der Waals surface area contributed by atoms with Crippen LogP contribution in [0.4, 0.5) is 9.18 Å². The second-order valence-electron chi connectivity index (χ2n) is 8.05. The molecule has 154 valence electrons. The maximum Gasteiger partial charge on any atom is 0.407 e. The zero-order valence-corrected chi connectivity index (χ0v) is 16.7. The molecule has 0 spiro atoms. The van der Waals surface area contributed by atoms with Crippen molar-refractivity contribution in [2.45, 2.75) is 63.6 Å². The molecule has 28 heavy (non-hydrogen) atoms. The predicted molar refractivity (Wildman–Crippen MR) is 102 cm³/mol. The molecule has 0 saturated heterocycles. The molecule has 7 nitrogen and oxygen atoms in total. The van der Waals surface area contributed by atoms with Crippen molar-refractivity contribution < 1.29 is 23.5 Å². The van der Waals surface area contributed by atoms with E-state index in [-0.39, 0.29) is 18.7 Å². The average molecular weight is 393 g/mol. The maximum atomic E-state index is 14.0. The molecule has 3 amide bonds. The van der Waals surface area contributed by atoms with Gasteiger partial charge >= 0.3 is 6.09 Å². The highest BCUT2D eigenvalue weighted by atomic mass is 19.1.